The fraction of sp³-hybridized carbons (Fsp3) is 0.169. The lowest BCUT2D eigenvalue weighted by atomic mass is 10.2. The minimum Gasteiger partial charge on any atom is -0.508 e. The number of amides is 3. The molecule has 3 fully saturated rings. The number of para-hydroxylation sites is 3. The molecule has 3 saturated heterocycles. The van der Waals surface area contributed by atoms with Crippen LogP contribution in [0.25, 0.3) is 84.3 Å². The van der Waals surface area contributed by atoms with Crippen LogP contribution in [0.4, 0.5) is 11.6 Å². The van der Waals surface area contributed by atoms with Gasteiger partial charge in [0, 0.05) is 23.2 Å². The number of anilines is 2. The van der Waals surface area contributed by atoms with E-state index < -0.39 is 0 Å². The van der Waals surface area contributed by atoms with Gasteiger partial charge in [0.25, 0.3) is 11.8 Å². The van der Waals surface area contributed by atoms with E-state index in [0.29, 0.717) is 118 Å². The van der Waals surface area contributed by atoms with Crippen LogP contribution in [0.15, 0.2) is 182 Å². The Kier molecular flexibility index (Phi) is 22.0. The summed E-state index contributed by atoms with van der Waals surface area (Å²) in [7, 11) is 3.24. The van der Waals surface area contributed by atoms with Crippen molar-refractivity contribution in [3.05, 3.63) is 188 Å². The number of rotatable bonds is 10. The van der Waals surface area contributed by atoms with Crippen LogP contribution in [-0.2, 0) is 28.6 Å². The third-order valence-corrected chi connectivity index (χ3v) is 14.5. The van der Waals surface area contributed by atoms with Crippen LogP contribution >= 0.6 is 58.9 Å². The minimum atomic E-state index is -0.162. The summed E-state index contributed by atoms with van der Waals surface area (Å²) in [5.41, 5.74) is 6.79. The van der Waals surface area contributed by atoms with Crippen LogP contribution in [0.1, 0.15) is 0 Å². The topological polar surface area (TPSA) is 267 Å². The number of aromatic nitrogens is 12. The molecule has 0 aliphatic carbocycles. The third-order valence-electron chi connectivity index (χ3n) is 14.2. The van der Waals surface area contributed by atoms with E-state index in [1.54, 1.807) is 74.9 Å². The molecule has 6 aromatic carbocycles. The maximum Gasteiger partial charge on any atom is 0.369 e. The smallest absolute Gasteiger partial charge is 0.369 e. The lowest BCUT2D eigenvalue weighted by Gasteiger charge is -2.26. The predicted molar refractivity (Wildman–Crippen MR) is 369 cm³/mol. The van der Waals surface area contributed by atoms with E-state index in [2.05, 4.69) is 82.8 Å². The molecule has 6 aromatic heterocycles. The molecule has 0 spiro atoms. The van der Waals surface area contributed by atoms with Crippen molar-refractivity contribution in [3.63, 3.8) is 0 Å². The second kappa shape index (κ2) is 31.4. The molecule has 3 aliphatic heterocycles. The fourth-order valence-electron chi connectivity index (χ4n) is 9.86. The van der Waals surface area contributed by atoms with Crippen molar-refractivity contribution < 1.29 is 43.2 Å². The fourth-order valence-corrected chi connectivity index (χ4v) is 10.1. The summed E-state index contributed by atoms with van der Waals surface area (Å²) in [4.78, 5) is 66.5. The second-order valence-corrected chi connectivity index (χ2v) is 27.1. The van der Waals surface area contributed by atoms with Gasteiger partial charge in [-0.1, -0.05) is 103 Å². The van der Waals surface area contributed by atoms with Crippen molar-refractivity contribution in [1.82, 2.24) is 64.6 Å². The zero-order chi connectivity index (χ0) is 65.5. The summed E-state index contributed by atoms with van der Waals surface area (Å²) in [6, 6.07) is 51.0. The van der Waals surface area contributed by atoms with Crippen LogP contribution in [-0.4, -0.2) is 159 Å². The number of aromatic hydroxyl groups is 1. The molecule has 9 heterocycles. The Morgan fingerprint density at radius 2 is 0.883 bits per heavy atom. The Balaban J connectivity index is 0.000000133. The molecule has 94 heavy (non-hydrogen) atoms. The molecule has 29 heteroatoms. The summed E-state index contributed by atoms with van der Waals surface area (Å²) >= 11 is 15.7. The Morgan fingerprint density at radius 3 is 1.27 bits per heavy atom. The lowest BCUT2D eigenvalue weighted by molar-refractivity contribution is -0.129. The number of hydrogen-bond donors (Lipinski definition) is 2. The first kappa shape index (κ1) is 65.9. The van der Waals surface area contributed by atoms with Gasteiger partial charge < -0.3 is 34.1 Å². The average Bonchev–Trinajstić information content (AvgIpc) is 1.56. The largest absolute Gasteiger partial charge is 0.508 e. The number of fused-ring (bicyclic) bond motifs is 3. The van der Waals surface area contributed by atoms with Crippen LogP contribution < -0.4 is 24.6 Å². The Bertz CT molecular complexity index is 4610. The molecule has 0 atom stereocenters. The maximum atomic E-state index is 12.6. The number of hydrogen-bond acceptors (Lipinski definition) is 18. The van der Waals surface area contributed by atoms with Gasteiger partial charge in [0.1, 0.15) is 42.2 Å². The van der Waals surface area contributed by atoms with Gasteiger partial charge in [-0.05, 0) is 72.8 Å². The van der Waals surface area contributed by atoms with E-state index >= 15 is 0 Å². The Morgan fingerprint density at radius 1 is 0.489 bits per heavy atom. The third kappa shape index (κ3) is 15.9. The van der Waals surface area contributed by atoms with E-state index in [1.165, 1.54) is 0 Å². The van der Waals surface area contributed by atoms with Gasteiger partial charge in [-0.15, -0.1) is 47.3 Å². The molecule has 0 bridgehead atoms. The molecule has 24 nitrogen and oxygen atoms in total. The van der Waals surface area contributed by atoms with Gasteiger partial charge in [-0.2, -0.15) is 15.3 Å². The number of nitrogens with zero attached hydrogens (tertiary/aromatic N) is 14. The summed E-state index contributed by atoms with van der Waals surface area (Å²) in [6.07, 6.45) is 5.06. The maximum absolute atomic E-state index is 12.6. The van der Waals surface area contributed by atoms with E-state index in [-0.39, 0.29) is 46.5 Å². The first-order chi connectivity index (χ1) is 45.8. The van der Waals surface area contributed by atoms with E-state index in [4.69, 9.17) is 50.2 Å². The van der Waals surface area contributed by atoms with Crippen LogP contribution in [0.3, 0.4) is 0 Å². The molecular formula is C65H56BBr3ClN15O9. The predicted octanol–water partition coefficient (Wildman–Crippen LogP) is 10.8. The van der Waals surface area contributed by atoms with Gasteiger partial charge >= 0.3 is 3.18 Å². The van der Waals surface area contributed by atoms with Crippen molar-refractivity contribution in [3.8, 4) is 68.5 Å². The molecule has 0 saturated carbocycles. The molecule has 3 amide bonds. The van der Waals surface area contributed by atoms with Crippen molar-refractivity contribution in [2.24, 2.45) is 0 Å². The highest BCUT2D eigenvalue weighted by atomic mass is 79.9. The molecule has 2 N–H and O–H groups in total. The standard InChI is InChI=1S/C22H19N5O3.C21H17N5O3.C18H13ClN4O.C4H7NO2.BBr3/c1-29-17-9-5-6-15(12-17)20-24-21(26-10-11-30-14-19(26)28)18-13-23-27(22(18)25-20)16-7-3-2-4-8-16;27-16-8-4-5-14(11-16)19-23-20(25-9-10-29-13-18(25)28)17-12-22-26(21(17)24-19)15-6-2-1-3-7-15;1-24-14-9-5-6-12(10-14)17-21-16(19)15-11-20-23(18(15)22-17)13-7-3-2-4-8-13;6-4-3-7-2-1-5-4;2-1(3)4/h2-9,12-13H,10-11,14H2,1H3;1-8,11-12,27H,9-10,13H2;2-11H,1H3;1-3H2,(H,5,6);. The average molecular weight is 1480 g/mol. The summed E-state index contributed by atoms with van der Waals surface area (Å²) < 4.78 is 31.4. The van der Waals surface area contributed by atoms with Crippen LogP contribution in [0.5, 0.6) is 17.2 Å². The highest BCUT2D eigenvalue weighted by Gasteiger charge is 2.29. The van der Waals surface area contributed by atoms with Gasteiger partial charge in [0.2, 0.25) is 5.91 Å². The molecular weight excluding hydrogens is 1420 g/mol. The van der Waals surface area contributed by atoms with Gasteiger partial charge in [0.05, 0.1) is 98.9 Å². The van der Waals surface area contributed by atoms with E-state index in [9.17, 15) is 19.5 Å². The number of phenolic OH excluding ortho intramolecular Hbond substituents is 1. The lowest BCUT2D eigenvalue weighted by Crippen LogP contribution is -2.42. The van der Waals surface area contributed by atoms with Crippen molar-refractivity contribution in [1.29, 1.82) is 0 Å². The summed E-state index contributed by atoms with van der Waals surface area (Å²) in [5, 5.41) is 28.4. The number of benzene rings is 6. The molecule has 3 aliphatic rings. The number of methoxy groups -OCH3 is 2. The first-order valence-electron chi connectivity index (χ1n) is 29.0. The quantitative estimate of drug-likeness (QED) is 0.0951. The van der Waals surface area contributed by atoms with E-state index in [1.807, 2.05) is 146 Å². The summed E-state index contributed by atoms with van der Waals surface area (Å²) in [5.74, 6) is 3.71. The number of phenols is 1. The number of carbonyl (C=O) groups excluding carboxylic acids is 3. The number of halogens is 4. The van der Waals surface area contributed by atoms with Gasteiger partial charge in [-0.25, -0.2) is 43.9 Å². The zero-order valence-corrected chi connectivity index (χ0v) is 55.8. The van der Waals surface area contributed by atoms with Gasteiger partial charge in [0.15, 0.2) is 46.1 Å². The van der Waals surface area contributed by atoms with Crippen molar-refractivity contribution in [2.75, 3.05) is 83.3 Å². The number of ether oxygens (including phenoxy) is 5. The van der Waals surface area contributed by atoms with E-state index in [0.717, 1.165) is 33.9 Å². The zero-order valence-electron chi connectivity index (χ0n) is 50.2. The Hall–Kier alpha value is -9.55. The van der Waals surface area contributed by atoms with Crippen molar-refractivity contribution in [2.45, 2.75) is 0 Å². The Labute approximate surface area is 567 Å². The van der Waals surface area contributed by atoms with Crippen LogP contribution in [0, 0.1) is 0 Å². The number of carbonyl (C=O) groups is 3. The van der Waals surface area contributed by atoms with Crippen molar-refractivity contribution >= 4 is 125 Å². The minimum absolute atomic E-state index is 0.00810. The number of nitrogens with one attached hydrogen (secondary N) is 1. The SMILES string of the molecule is BrB(Br)Br.COc1cccc(-c2nc(Cl)c3cnn(-c4ccccc4)c3n2)c1.COc1cccc(-c2nc(N3CCOCC3=O)c3cnn(-c4ccccc4)c3n2)c1.O=C1COCCN1.O=C1COCCN1c1nc(-c2cccc(O)c2)nc2c1cnn2-c1ccccc1. The second-order valence-electron chi connectivity index (χ2n) is 20.3. The molecule has 0 radical (unpaired) electrons. The molecule has 0 unspecified atom stereocenters. The van der Waals surface area contributed by atoms with Gasteiger partial charge in [-0.3, -0.25) is 24.2 Å². The highest BCUT2D eigenvalue weighted by molar-refractivity contribution is 9.69. The monoisotopic (exact) mass is 1470 g/mol. The number of morpholine rings is 3. The molecule has 476 valence electrons. The normalized spacial score (nSPS) is 13.7. The molecule has 12 aromatic rings. The molecule has 15 rings (SSSR count). The summed E-state index contributed by atoms with van der Waals surface area (Å²) in [6.45, 7) is 3.33. The first-order valence-corrected chi connectivity index (χ1v) is 32.2. The highest BCUT2D eigenvalue weighted by Crippen LogP contribution is 2.34. The van der Waals surface area contributed by atoms with Crippen LogP contribution in [0.2, 0.25) is 5.15 Å².